The van der Waals surface area contributed by atoms with Crippen molar-refractivity contribution < 1.29 is 0 Å². The molecule has 0 radical (unpaired) electrons. The average molecular weight is 687 g/mol. The Hall–Kier alpha value is -7.16. The van der Waals surface area contributed by atoms with Crippen molar-refractivity contribution in [2.45, 2.75) is 0 Å². The van der Waals surface area contributed by atoms with E-state index in [1.165, 1.54) is 99.1 Å². The van der Waals surface area contributed by atoms with Gasteiger partial charge in [0.25, 0.3) is 0 Å². The van der Waals surface area contributed by atoms with E-state index < -0.39 is 0 Å². The molecule has 0 amide bonds. The average Bonchev–Trinajstić information content (AvgIpc) is 3.76. The Balaban J connectivity index is 1.14. The summed E-state index contributed by atoms with van der Waals surface area (Å²) in [5, 5.41) is 7.47. The molecule has 0 atom stereocenters. The summed E-state index contributed by atoms with van der Waals surface area (Å²) in [7, 11) is 0. The van der Waals surface area contributed by atoms with Gasteiger partial charge < -0.3 is 9.13 Å². The molecular formula is C52H34N2. The number of hydrogen-bond donors (Lipinski definition) is 0. The molecule has 11 rings (SSSR count). The van der Waals surface area contributed by atoms with Crippen molar-refractivity contribution in [1.29, 1.82) is 0 Å². The molecule has 0 aliphatic carbocycles. The molecule has 252 valence electrons. The van der Waals surface area contributed by atoms with Gasteiger partial charge in [0.15, 0.2) is 0 Å². The van der Waals surface area contributed by atoms with E-state index in [1.807, 2.05) is 0 Å². The van der Waals surface area contributed by atoms with Gasteiger partial charge in [-0.2, -0.15) is 0 Å². The van der Waals surface area contributed by atoms with Crippen LogP contribution in [0, 0.1) is 0 Å². The van der Waals surface area contributed by atoms with Crippen LogP contribution in [0.3, 0.4) is 0 Å². The van der Waals surface area contributed by atoms with Gasteiger partial charge in [-0.3, -0.25) is 0 Å². The summed E-state index contributed by atoms with van der Waals surface area (Å²) in [4.78, 5) is 0. The minimum absolute atomic E-state index is 1.17. The molecule has 0 aliphatic rings. The summed E-state index contributed by atoms with van der Waals surface area (Å²) in [6, 6.07) is 75.2. The SMILES string of the molecule is c1ccc(-c2ccc3c(c2)c2cc(-c4ccccc4)ccc2n3-c2ccc(-c3ccc4c5ccccc5n(-c5ccccc5)c4c3)c3ccccc23)cc1. The second-order valence-corrected chi connectivity index (χ2v) is 14.1. The molecule has 11 aromatic rings. The van der Waals surface area contributed by atoms with Crippen molar-refractivity contribution >= 4 is 54.4 Å². The van der Waals surface area contributed by atoms with Gasteiger partial charge >= 0.3 is 0 Å². The van der Waals surface area contributed by atoms with Gasteiger partial charge in [-0.15, -0.1) is 0 Å². The molecule has 2 heterocycles. The molecule has 0 saturated carbocycles. The maximum Gasteiger partial charge on any atom is 0.0547 e. The Morgan fingerprint density at radius 1 is 0.241 bits per heavy atom. The molecule has 54 heavy (non-hydrogen) atoms. The Bertz CT molecular complexity index is 3090. The largest absolute Gasteiger partial charge is 0.309 e. The summed E-state index contributed by atoms with van der Waals surface area (Å²) in [6.45, 7) is 0. The molecule has 9 aromatic carbocycles. The number of para-hydroxylation sites is 2. The number of hydrogen-bond acceptors (Lipinski definition) is 0. The summed E-state index contributed by atoms with van der Waals surface area (Å²) >= 11 is 0. The summed E-state index contributed by atoms with van der Waals surface area (Å²) in [5.74, 6) is 0. The number of aromatic nitrogens is 2. The molecule has 0 aliphatic heterocycles. The minimum atomic E-state index is 1.17. The number of fused-ring (bicyclic) bond motifs is 7. The monoisotopic (exact) mass is 686 g/mol. The van der Waals surface area contributed by atoms with Crippen molar-refractivity contribution in [3.05, 3.63) is 206 Å². The summed E-state index contributed by atoms with van der Waals surface area (Å²) < 4.78 is 4.87. The molecule has 2 nitrogen and oxygen atoms in total. The highest BCUT2D eigenvalue weighted by molar-refractivity contribution is 6.14. The van der Waals surface area contributed by atoms with Crippen LogP contribution in [0.15, 0.2) is 206 Å². The summed E-state index contributed by atoms with van der Waals surface area (Å²) in [5.41, 5.74) is 14.5. The van der Waals surface area contributed by atoms with Crippen molar-refractivity contribution in [1.82, 2.24) is 9.13 Å². The number of nitrogens with zero attached hydrogens (tertiary/aromatic N) is 2. The fraction of sp³-hybridized carbons (Fsp3) is 0. The zero-order valence-electron chi connectivity index (χ0n) is 29.5. The maximum absolute atomic E-state index is 2.47. The fourth-order valence-electron chi connectivity index (χ4n) is 8.63. The van der Waals surface area contributed by atoms with Gasteiger partial charge in [0.1, 0.15) is 0 Å². The predicted octanol–water partition coefficient (Wildman–Crippen LogP) is 14.0. The first-order chi connectivity index (χ1) is 26.8. The Kier molecular flexibility index (Phi) is 6.90. The molecule has 2 aromatic heterocycles. The lowest BCUT2D eigenvalue weighted by Gasteiger charge is -2.15. The highest BCUT2D eigenvalue weighted by atomic mass is 15.0. The van der Waals surface area contributed by atoms with Crippen LogP contribution >= 0.6 is 0 Å². The lowest BCUT2D eigenvalue weighted by Crippen LogP contribution is -1.97. The van der Waals surface area contributed by atoms with E-state index in [0.717, 1.165) is 0 Å². The number of benzene rings is 9. The fourth-order valence-corrected chi connectivity index (χ4v) is 8.63. The molecule has 0 saturated heterocycles. The molecule has 0 unspecified atom stereocenters. The third-order valence-corrected chi connectivity index (χ3v) is 11.1. The Morgan fingerprint density at radius 2 is 0.741 bits per heavy atom. The summed E-state index contributed by atoms with van der Waals surface area (Å²) in [6.07, 6.45) is 0. The van der Waals surface area contributed by atoms with Gasteiger partial charge in [0.05, 0.1) is 27.8 Å². The van der Waals surface area contributed by atoms with E-state index in [4.69, 9.17) is 0 Å². The minimum Gasteiger partial charge on any atom is -0.309 e. The first kappa shape index (κ1) is 30.5. The van der Waals surface area contributed by atoms with Crippen LogP contribution < -0.4 is 0 Å². The first-order valence-electron chi connectivity index (χ1n) is 18.6. The lowest BCUT2D eigenvalue weighted by molar-refractivity contribution is 1.18. The third-order valence-electron chi connectivity index (χ3n) is 11.1. The van der Waals surface area contributed by atoms with E-state index in [-0.39, 0.29) is 0 Å². The zero-order valence-corrected chi connectivity index (χ0v) is 29.5. The van der Waals surface area contributed by atoms with Crippen LogP contribution in [-0.2, 0) is 0 Å². The van der Waals surface area contributed by atoms with Crippen molar-refractivity contribution in [3.8, 4) is 44.8 Å². The lowest BCUT2D eigenvalue weighted by atomic mass is 9.96. The normalized spacial score (nSPS) is 11.7. The van der Waals surface area contributed by atoms with Gasteiger partial charge in [-0.1, -0.05) is 152 Å². The van der Waals surface area contributed by atoms with Crippen LogP contribution in [0.5, 0.6) is 0 Å². The quantitative estimate of drug-likeness (QED) is 0.171. The van der Waals surface area contributed by atoms with E-state index in [2.05, 4.69) is 215 Å². The maximum atomic E-state index is 2.47. The predicted molar refractivity (Wildman–Crippen MR) is 229 cm³/mol. The van der Waals surface area contributed by atoms with E-state index in [0.29, 0.717) is 0 Å². The first-order valence-corrected chi connectivity index (χ1v) is 18.6. The van der Waals surface area contributed by atoms with E-state index in [9.17, 15) is 0 Å². The van der Waals surface area contributed by atoms with Gasteiger partial charge in [-0.05, 0) is 93.4 Å². The highest BCUT2D eigenvalue weighted by Crippen LogP contribution is 2.42. The van der Waals surface area contributed by atoms with Gasteiger partial charge in [0, 0.05) is 32.6 Å². The number of rotatable bonds is 5. The van der Waals surface area contributed by atoms with E-state index in [1.54, 1.807) is 0 Å². The highest BCUT2D eigenvalue weighted by Gasteiger charge is 2.19. The van der Waals surface area contributed by atoms with Gasteiger partial charge in [-0.25, -0.2) is 0 Å². The molecule has 0 bridgehead atoms. The van der Waals surface area contributed by atoms with Crippen molar-refractivity contribution in [2.24, 2.45) is 0 Å². The molecular weight excluding hydrogens is 653 g/mol. The second-order valence-electron chi connectivity index (χ2n) is 14.1. The van der Waals surface area contributed by atoms with Gasteiger partial charge in [0.2, 0.25) is 0 Å². The van der Waals surface area contributed by atoms with Crippen LogP contribution in [0.4, 0.5) is 0 Å². The van der Waals surface area contributed by atoms with E-state index >= 15 is 0 Å². The standard InChI is InChI=1S/C52H34N2/c1-4-14-35(15-5-1)37-25-29-50-46(32-37)47-33-38(36-16-6-2-7-17-36)26-30-51(47)54(50)49-31-28-41(42-20-10-11-21-43(42)49)39-24-27-45-44-22-12-13-23-48(44)53(52(45)34-39)40-18-8-3-9-19-40/h1-34H. The molecule has 2 heteroatoms. The molecule has 0 N–H and O–H groups in total. The van der Waals surface area contributed by atoms with Crippen LogP contribution in [-0.4, -0.2) is 9.13 Å². The third kappa shape index (κ3) is 4.74. The van der Waals surface area contributed by atoms with Crippen molar-refractivity contribution in [2.75, 3.05) is 0 Å². The topological polar surface area (TPSA) is 9.86 Å². The van der Waals surface area contributed by atoms with Crippen molar-refractivity contribution in [3.63, 3.8) is 0 Å². The Labute approximate surface area is 313 Å². The van der Waals surface area contributed by atoms with Crippen LogP contribution in [0.1, 0.15) is 0 Å². The molecule has 0 spiro atoms. The second kappa shape index (κ2) is 12.2. The van der Waals surface area contributed by atoms with Crippen LogP contribution in [0.2, 0.25) is 0 Å². The Morgan fingerprint density at radius 3 is 1.39 bits per heavy atom. The smallest absolute Gasteiger partial charge is 0.0547 e. The molecule has 0 fully saturated rings. The zero-order chi connectivity index (χ0) is 35.6. The van der Waals surface area contributed by atoms with Crippen LogP contribution in [0.25, 0.3) is 99.1 Å².